The largest absolute Gasteiger partial charge is 0.490 e. The summed E-state index contributed by atoms with van der Waals surface area (Å²) in [7, 11) is 0. The summed E-state index contributed by atoms with van der Waals surface area (Å²) >= 11 is 5.84. The summed E-state index contributed by atoms with van der Waals surface area (Å²) in [5.74, 6) is 0.526. The molecule has 0 N–H and O–H groups in total. The van der Waals surface area contributed by atoms with Gasteiger partial charge in [-0.2, -0.15) is 0 Å². The predicted octanol–water partition coefficient (Wildman–Crippen LogP) is 2.71. The summed E-state index contributed by atoms with van der Waals surface area (Å²) < 4.78 is 11.0. The van der Waals surface area contributed by atoms with Gasteiger partial charge in [-0.15, -0.1) is 0 Å². The molecular formula is C12H13ClO3. The third-order valence-corrected chi connectivity index (χ3v) is 2.79. The third kappa shape index (κ3) is 2.74. The number of hydrogen-bond acceptors (Lipinski definition) is 3. The zero-order valence-corrected chi connectivity index (χ0v) is 9.57. The van der Waals surface area contributed by atoms with Crippen LogP contribution in [0.2, 0.25) is 5.02 Å². The fourth-order valence-electron chi connectivity index (χ4n) is 1.69. The van der Waals surface area contributed by atoms with E-state index in [9.17, 15) is 4.79 Å². The van der Waals surface area contributed by atoms with Gasteiger partial charge in [0.1, 0.15) is 12.4 Å². The summed E-state index contributed by atoms with van der Waals surface area (Å²) in [5, 5.41) is 0.563. The second-order valence-corrected chi connectivity index (χ2v) is 4.18. The van der Waals surface area contributed by atoms with Crippen LogP contribution < -0.4 is 4.74 Å². The zero-order chi connectivity index (χ0) is 11.4. The molecule has 0 aromatic heterocycles. The highest BCUT2D eigenvalue weighted by molar-refractivity contribution is 6.30. The van der Waals surface area contributed by atoms with E-state index in [0.29, 0.717) is 22.9 Å². The van der Waals surface area contributed by atoms with Crippen LogP contribution in [0.3, 0.4) is 0 Å². The lowest BCUT2D eigenvalue weighted by atomic mass is 10.2. The van der Waals surface area contributed by atoms with Crippen LogP contribution >= 0.6 is 11.6 Å². The van der Waals surface area contributed by atoms with Crippen LogP contribution in [0.1, 0.15) is 23.2 Å². The molecule has 16 heavy (non-hydrogen) atoms. The molecule has 1 aromatic carbocycles. The van der Waals surface area contributed by atoms with E-state index in [1.165, 1.54) is 0 Å². The molecule has 0 saturated carbocycles. The Kier molecular flexibility index (Phi) is 3.80. The van der Waals surface area contributed by atoms with Crippen molar-refractivity contribution >= 4 is 17.9 Å². The van der Waals surface area contributed by atoms with Gasteiger partial charge in [-0.3, -0.25) is 4.79 Å². The van der Waals surface area contributed by atoms with E-state index >= 15 is 0 Å². The summed E-state index contributed by atoms with van der Waals surface area (Å²) in [6.45, 7) is 1.27. The highest BCUT2D eigenvalue weighted by Crippen LogP contribution is 2.23. The molecule has 3 nitrogen and oxygen atoms in total. The van der Waals surface area contributed by atoms with Crippen LogP contribution in [0.4, 0.5) is 0 Å². The van der Waals surface area contributed by atoms with E-state index in [1.807, 2.05) is 0 Å². The highest BCUT2D eigenvalue weighted by Gasteiger charge is 2.16. The fourth-order valence-corrected chi connectivity index (χ4v) is 1.85. The average molecular weight is 241 g/mol. The normalized spacial score (nSPS) is 19.7. The fraction of sp³-hybridized carbons (Fsp3) is 0.417. The summed E-state index contributed by atoms with van der Waals surface area (Å²) in [4.78, 5) is 10.8. The van der Waals surface area contributed by atoms with Crippen molar-refractivity contribution in [2.75, 3.05) is 13.2 Å². The van der Waals surface area contributed by atoms with Crippen molar-refractivity contribution in [1.82, 2.24) is 0 Å². The van der Waals surface area contributed by atoms with E-state index < -0.39 is 0 Å². The molecular weight excluding hydrogens is 228 g/mol. The molecule has 2 rings (SSSR count). The molecule has 4 heteroatoms. The van der Waals surface area contributed by atoms with Gasteiger partial charge in [0.15, 0.2) is 6.29 Å². The molecule has 0 bridgehead atoms. The molecule has 1 fully saturated rings. The Morgan fingerprint density at radius 2 is 2.44 bits per heavy atom. The van der Waals surface area contributed by atoms with E-state index in [4.69, 9.17) is 21.1 Å². The van der Waals surface area contributed by atoms with Crippen LogP contribution in [0.5, 0.6) is 5.75 Å². The summed E-state index contributed by atoms with van der Waals surface area (Å²) in [6, 6.07) is 4.98. The SMILES string of the molecule is O=Cc1ccc(Cl)cc1OCC1CCCO1. The lowest BCUT2D eigenvalue weighted by Gasteiger charge is -2.12. The molecule has 86 valence electrons. The predicted molar refractivity (Wildman–Crippen MR) is 61.3 cm³/mol. The topological polar surface area (TPSA) is 35.5 Å². The first kappa shape index (κ1) is 11.4. The molecule has 1 atom stereocenters. The average Bonchev–Trinajstić information content (AvgIpc) is 2.79. The van der Waals surface area contributed by atoms with Crippen molar-refractivity contribution in [3.05, 3.63) is 28.8 Å². The molecule has 1 aliphatic heterocycles. The molecule has 0 amide bonds. The van der Waals surface area contributed by atoms with E-state index in [2.05, 4.69) is 0 Å². The second kappa shape index (κ2) is 5.32. The monoisotopic (exact) mass is 240 g/mol. The van der Waals surface area contributed by atoms with Gasteiger partial charge in [-0.1, -0.05) is 11.6 Å². The first-order valence-corrected chi connectivity index (χ1v) is 5.66. The number of carbonyl (C=O) groups is 1. The van der Waals surface area contributed by atoms with Crippen molar-refractivity contribution in [3.63, 3.8) is 0 Å². The minimum atomic E-state index is 0.137. The minimum absolute atomic E-state index is 0.137. The quantitative estimate of drug-likeness (QED) is 0.759. The minimum Gasteiger partial charge on any atom is -0.490 e. The lowest BCUT2D eigenvalue weighted by molar-refractivity contribution is 0.0675. The van der Waals surface area contributed by atoms with Gasteiger partial charge in [-0.25, -0.2) is 0 Å². The number of halogens is 1. The van der Waals surface area contributed by atoms with Gasteiger partial charge in [0, 0.05) is 11.6 Å². The highest BCUT2D eigenvalue weighted by atomic mass is 35.5. The van der Waals surface area contributed by atoms with Gasteiger partial charge in [0.2, 0.25) is 0 Å². The van der Waals surface area contributed by atoms with Gasteiger partial charge < -0.3 is 9.47 Å². The molecule has 1 heterocycles. The van der Waals surface area contributed by atoms with E-state index in [-0.39, 0.29) is 6.10 Å². The first-order valence-electron chi connectivity index (χ1n) is 5.29. The van der Waals surface area contributed by atoms with Crippen molar-refractivity contribution in [1.29, 1.82) is 0 Å². The van der Waals surface area contributed by atoms with Crippen LogP contribution in [-0.2, 0) is 4.74 Å². The maximum atomic E-state index is 10.8. The number of hydrogen-bond donors (Lipinski definition) is 0. The number of carbonyl (C=O) groups excluding carboxylic acids is 1. The molecule has 1 unspecified atom stereocenters. The van der Waals surface area contributed by atoms with Gasteiger partial charge in [0.25, 0.3) is 0 Å². The lowest BCUT2D eigenvalue weighted by Crippen LogP contribution is -2.16. The standard InChI is InChI=1S/C12H13ClO3/c13-10-4-3-9(7-14)12(6-10)16-8-11-2-1-5-15-11/h3-4,6-7,11H,1-2,5,8H2. The maximum Gasteiger partial charge on any atom is 0.153 e. The van der Waals surface area contributed by atoms with Crippen LogP contribution in [0.15, 0.2) is 18.2 Å². The summed E-state index contributed by atoms with van der Waals surface area (Å²) in [5.41, 5.74) is 0.516. The molecule has 0 radical (unpaired) electrons. The molecule has 1 saturated heterocycles. The van der Waals surface area contributed by atoms with Crippen molar-refractivity contribution in [3.8, 4) is 5.75 Å². The third-order valence-electron chi connectivity index (χ3n) is 2.55. The van der Waals surface area contributed by atoms with Crippen LogP contribution in [-0.4, -0.2) is 25.6 Å². The molecule has 1 aromatic rings. The van der Waals surface area contributed by atoms with E-state index in [0.717, 1.165) is 25.7 Å². The van der Waals surface area contributed by atoms with Crippen LogP contribution in [0.25, 0.3) is 0 Å². The van der Waals surface area contributed by atoms with Crippen molar-refractivity contribution in [2.45, 2.75) is 18.9 Å². The van der Waals surface area contributed by atoms with Gasteiger partial charge >= 0.3 is 0 Å². The molecule has 1 aliphatic rings. The molecule has 0 spiro atoms. The Hall–Kier alpha value is -1.06. The number of aldehydes is 1. The number of benzene rings is 1. The Labute approximate surface area is 99.3 Å². The van der Waals surface area contributed by atoms with E-state index in [1.54, 1.807) is 18.2 Å². The molecule has 0 aliphatic carbocycles. The van der Waals surface area contributed by atoms with Gasteiger partial charge in [0.05, 0.1) is 11.7 Å². The summed E-state index contributed by atoms with van der Waals surface area (Å²) in [6.07, 6.45) is 2.99. The Morgan fingerprint density at radius 1 is 1.56 bits per heavy atom. The first-order chi connectivity index (χ1) is 7.79. The second-order valence-electron chi connectivity index (χ2n) is 3.75. The number of rotatable bonds is 4. The van der Waals surface area contributed by atoms with Crippen LogP contribution in [0, 0.1) is 0 Å². The Bertz CT molecular complexity index is 373. The van der Waals surface area contributed by atoms with Crippen molar-refractivity contribution in [2.24, 2.45) is 0 Å². The Balaban J connectivity index is 2.01. The van der Waals surface area contributed by atoms with Crippen molar-refractivity contribution < 1.29 is 14.3 Å². The smallest absolute Gasteiger partial charge is 0.153 e. The Morgan fingerprint density at radius 3 is 3.12 bits per heavy atom. The zero-order valence-electron chi connectivity index (χ0n) is 8.82. The number of ether oxygens (including phenoxy) is 2. The maximum absolute atomic E-state index is 10.8. The van der Waals surface area contributed by atoms with Gasteiger partial charge in [-0.05, 0) is 31.0 Å².